The monoisotopic (exact) mass is 491 g/mol. The van der Waals surface area contributed by atoms with Crippen LogP contribution in [0.25, 0.3) is 11.0 Å². The number of unbranched alkanes of at least 4 members (excludes halogenated alkanes) is 1. The molecule has 0 spiro atoms. The van der Waals surface area contributed by atoms with Crippen molar-refractivity contribution < 1.29 is 14.0 Å². The van der Waals surface area contributed by atoms with E-state index < -0.39 is 5.41 Å². The van der Waals surface area contributed by atoms with Gasteiger partial charge < -0.3 is 15.5 Å². The topological polar surface area (TPSA) is 98.2 Å². The molecule has 4 aromatic rings. The molecular formula is C31H29N3O3. The third-order valence-electron chi connectivity index (χ3n) is 6.81. The number of pyridine rings is 1. The summed E-state index contributed by atoms with van der Waals surface area (Å²) in [5.41, 5.74) is 11.3. The first-order valence-corrected chi connectivity index (χ1v) is 12.5. The Hall–Kier alpha value is -4.37. The number of furan rings is 1. The molecule has 186 valence electrons. The fourth-order valence-corrected chi connectivity index (χ4v) is 4.85. The normalized spacial score (nSPS) is 13.5. The molecule has 0 atom stereocenters. The van der Waals surface area contributed by atoms with Gasteiger partial charge in [0, 0.05) is 45.4 Å². The summed E-state index contributed by atoms with van der Waals surface area (Å²) in [7, 11) is 0. The number of nitrogen functional groups attached to an aromatic ring is 1. The molecule has 6 nitrogen and oxygen atoms in total. The number of benzene rings is 2. The van der Waals surface area contributed by atoms with Crippen LogP contribution < -0.4 is 11.1 Å². The van der Waals surface area contributed by atoms with Crippen LogP contribution in [0.1, 0.15) is 88.2 Å². The van der Waals surface area contributed by atoms with Crippen molar-refractivity contribution in [1.29, 1.82) is 0 Å². The molecule has 5 rings (SSSR count). The first-order chi connectivity index (χ1) is 17.7. The second kappa shape index (κ2) is 9.25. The van der Waals surface area contributed by atoms with E-state index in [1.165, 1.54) is 0 Å². The van der Waals surface area contributed by atoms with Crippen LogP contribution in [0.5, 0.6) is 0 Å². The van der Waals surface area contributed by atoms with Crippen LogP contribution >= 0.6 is 0 Å². The number of fused-ring (bicyclic) bond motifs is 4. The molecule has 2 aromatic carbocycles. The largest absolute Gasteiger partial charge is 0.459 e. The van der Waals surface area contributed by atoms with Gasteiger partial charge in [0.15, 0.2) is 5.78 Å². The highest BCUT2D eigenvalue weighted by Gasteiger charge is 2.41. The molecule has 0 unspecified atom stereocenters. The molecule has 2 heterocycles. The number of nitrogens with zero attached hydrogens (tertiary/aromatic N) is 1. The molecule has 0 radical (unpaired) electrons. The minimum absolute atomic E-state index is 0.0596. The zero-order chi connectivity index (χ0) is 26.3. The van der Waals surface area contributed by atoms with Gasteiger partial charge in [0.1, 0.15) is 17.0 Å². The first-order valence-electron chi connectivity index (χ1n) is 12.5. The van der Waals surface area contributed by atoms with Crippen molar-refractivity contribution in [1.82, 2.24) is 10.3 Å². The van der Waals surface area contributed by atoms with Crippen LogP contribution in [0.2, 0.25) is 0 Å². The summed E-state index contributed by atoms with van der Waals surface area (Å²) in [6.45, 7) is 8.65. The average molecular weight is 492 g/mol. The third-order valence-corrected chi connectivity index (χ3v) is 6.81. The predicted molar refractivity (Wildman–Crippen MR) is 145 cm³/mol. The van der Waals surface area contributed by atoms with E-state index in [4.69, 9.17) is 10.2 Å². The summed E-state index contributed by atoms with van der Waals surface area (Å²) in [6, 6.07) is 14.5. The van der Waals surface area contributed by atoms with Gasteiger partial charge in [0.2, 0.25) is 0 Å². The highest BCUT2D eigenvalue weighted by molar-refractivity contribution is 6.19. The smallest absolute Gasteiger partial charge is 0.251 e. The van der Waals surface area contributed by atoms with Crippen LogP contribution in [0.3, 0.4) is 0 Å². The SMILES string of the molecule is CCCCNC(=O)c1cc(C)nc(C#Cc2ccc3c4c(oc3c2)C(C)(C)c2cc(N)ccc2C4=O)c1. The molecule has 6 heteroatoms. The van der Waals surface area contributed by atoms with Crippen LogP contribution in [0.15, 0.2) is 52.9 Å². The molecule has 3 N–H and O–H groups in total. The van der Waals surface area contributed by atoms with Gasteiger partial charge in [-0.25, -0.2) is 4.98 Å². The van der Waals surface area contributed by atoms with E-state index in [-0.39, 0.29) is 11.7 Å². The van der Waals surface area contributed by atoms with E-state index in [0.717, 1.165) is 35.0 Å². The minimum atomic E-state index is -0.515. The zero-order valence-corrected chi connectivity index (χ0v) is 21.5. The highest BCUT2D eigenvalue weighted by Crippen LogP contribution is 2.45. The van der Waals surface area contributed by atoms with Gasteiger partial charge in [-0.2, -0.15) is 0 Å². The van der Waals surface area contributed by atoms with Gasteiger partial charge in [0.05, 0.1) is 5.56 Å². The lowest BCUT2D eigenvalue weighted by molar-refractivity contribution is 0.0952. The second-order valence-electron chi connectivity index (χ2n) is 10.0. The van der Waals surface area contributed by atoms with Gasteiger partial charge in [0.25, 0.3) is 5.91 Å². The van der Waals surface area contributed by atoms with Crippen LogP contribution in [-0.4, -0.2) is 23.2 Å². The molecule has 1 amide bonds. The summed E-state index contributed by atoms with van der Waals surface area (Å²) >= 11 is 0. The van der Waals surface area contributed by atoms with Crippen molar-refractivity contribution in [3.63, 3.8) is 0 Å². The van der Waals surface area contributed by atoms with E-state index >= 15 is 0 Å². The number of nitrogens with two attached hydrogens (primary N) is 1. The number of carbonyl (C=O) groups excluding carboxylic acids is 2. The number of anilines is 1. The maximum atomic E-state index is 13.4. The number of amides is 1. The first kappa shape index (κ1) is 24.3. The molecule has 0 saturated heterocycles. The second-order valence-corrected chi connectivity index (χ2v) is 10.0. The number of hydrogen-bond acceptors (Lipinski definition) is 5. The summed E-state index contributed by atoms with van der Waals surface area (Å²) in [6.07, 6.45) is 1.95. The Morgan fingerprint density at radius 3 is 2.70 bits per heavy atom. The number of hydrogen-bond donors (Lipinski definition) is 2. The number of aryl methyl sites for hydroxylation is 1. The third kappa shape index (κ3) is 4.38. The Bertz CT molecular complexity index is 1630. The summed E-state index contributed by atoms with van der Waals surface area (Å²) in [5.74, 6) is 6.65. The van der Waals surface area contributed by atoms with Crippen LogP contribution in [0.4, 0.5) is 5.69 Å². The molecule has 1 aliphatic carbocycles. The number of aromatic nitrogens is 1. The van der Waals surface area contributed by atoms with E-state index in [2.05, 4.69) is 29.1 Å². The lowest BCUT2D eigenvalue weighted by atomic mass is 9.71. The Balaban J connectivity index is 1.49. The van der Waals surface area contributed by atoms with Gasteiger partial charge in [-0.05, 0) is 87.2 Å². The molecule has 0 bridgehead atoms. The lowest BCUT2D eigenvalue weighted by Gasteiger charge is -2.30. The predicted octanol–water partition coefficient (Wildman–Crippen LogP) is 5.52. The fourth-order valence-electron chi connectivity index (χ4n) is 4.85. The number of carbonyl (C=O) groups is 2. The number of rotatable bonds is 4. The summed E-state index contributed by atoms with van der Waals surface area (Å²) in [4.78, 5) is 30.4. The quantitative estimate of drug-likeness (QED) is 0.223. The number of ketones is 1. The van der Waals surface area contributed by atoms with Crippen LogP contribution in [-0.2, 0) is 5.41 Å². The van der Waals surface area contributed by atoms with Crippen molar-refractivity contribution >= 4 is 28.3 Å². The van der Waals surface area contributed by atoms with Gasteiger partial charge >= 0.3 is 0 Å². The zero-order valence-electron chi connectivity index (χ0n) is 21.5. The standard InChI is InChI=1S/C31H29N3O3/c1-5-6-13-33-30(36)20-14-18(2)34-22(16-20)10-7-19-8-11-24-26(15-19)37-29-27(24)28(35)23-12-9-21(32)17-25(23)31(29,3)4/h8-9,11-12,14-17H,5-6,13,32H2,1-4H3,(H,33,36). The molecule has 0 fully saturated rings. The molecular weight excluding hydrogens is 462 g/mol. The Morgan fingerprint density at radius 2 is 1.92 bits per heavy atom. The average Bonchev–Trinajstić information content (AvgIpc) is 3.26. The van der Waals surface area contributed by atoms with Crippen LogP contribution in [0, 0.1) is 18.8 Å². The van der Waals surface area contributed by atoms with E-state index in [0.29, 0.717) is 46.0 Å². The van der Waals surface area contributed by atoms with E-state index in [1.54, 1.807) is 24.3 Å². The van der Waals surface area contributed by atoms with E-state index in [9.17, 15) is 9.59 Å². The summed E-state index contributed by atoms with van der Waals surface area (Å²) < 4.78 is 6.28. The van der Waals surface area contributed by atoms with Crippen molar-refractivity contribution in [3.8, 4) is 11.8 Å². The Labute approximate surface area is 216 Å². The molecule has 2 aromatic heterocycles. The van der Waals surface area contributed by atoms with Gasteiger partial charge in [-0.1, -0.05) is 19.3 Å². The lowest BCUT2D eigenvalue weighted by Crippen LogP contribution is -2.29. The molecule has 37 heavy (non-hydrogen) atoms. The van der Waals surface area contributed by atoms with E-state index in [1.807, 2.05) is 45.0 Å². The fraction of sp³-hybridized carbons (Fsp3) is 0.258. The van der Waals surface area contributed by atoms with Crippen molar-refractivity contribution in [2.24, 2.45) is 0 Å². The van der Waals surface area contributed by atoms with Gasteiger partial charge in [-0.15, -0.1) is 0 Å². The molecule has 1 aliphatic rings. The maximum absolute atomic E-state index is 13.4. The van der Waals surface area contributed by atoms with Crippen molar-refractivity contribution in [3.05, 3.63) is 93.5 Å². The Morgan fingerprint density at radius 1 is 1.11 bits per heavy atom. The van der Waals surface area contributed by atoms with Crippen molar-refractivity contribution in [2.75, 3.05) is 12.3 Å². The highest BCUT2D eigenvalue weighted by atomic mass is 16.3. The Kier molecular flexibility index (Phi) is 6.08. The van der Waals surface area contributed by atoms with Crippen molar-refractivity contribution in [2.45, 2.75) is 46.0 Å². The maximum Gasteiger partial charge on any atom is 0.251 e. The molecule has 0 aliphatic heterocycles. The van der Waals surface area contributed by atoms with Gasteiger partial charge in [-0.3, -0.25) is 9.59 Å². The number of nitrogens with one attached hydrogen (secondary N) is 1. The molecule has 0 saturated carbocycles. The minimum Gasteiger partial charge on any atom is -0.459 e. The summed E-state index contributed by atoms with van der Waals surface area (Å²) in [5, 5.41) is 3.69.